The molecule has 160 valence electrons. The van der Waals surface area contributed by atoms with Crippen LogP contribution in [0.25, 0.3) is 10.9 Å². The van der Waals surface area contributed by atoms with Gasteiger partial charge in [-0.15, -0.1) is 0 Å². The molecule has 6 nitrogen and oxygen atoms in total. The minimum absolute atomic E-state index is 0.187. The Bertz CT molecular complexity index is 1120. The molecule has 1 amide bonds. The van der Waals surface area contributed by atoms with Gasteiger partial charge >= 0.3 is 0 Å². The van der Waals surface area contributed by atoms with E-state index in [0.717, 1.165) is 39.7 Å². The molecule has 0 aliphatic carbocycles. The molecule has 0 bridgehead atoms. The third-order valence-corrected chi connectivity index (χ3v) is 7.28. The normalized spacial score (nSPS) is 25.7. The summed E-state index contributed by atoms with van der Waals surface area (Å²) >= 11 is 0. The van der Waals surface area contributed by atoms with E-state index in [9.17, 15) is 4.79 Å². The zero-order valence-electron chi connectivity index (χ0n) is 18.3. The topological polar surface area (TPSA) is 66.9 Å². The van der Waals surface area contributed by atoms with Gasteiger partial charge in [-0.3, -0.25) is 14.3 Å². The largest absolute Gasteiger partial charge is 0.320 e. The number of aryl methyl sites for hydroxylation is 1. The number of likely N-dealkylation sites (tertiary alicyclic amines) is 1. The highest BCUT2D eigenvalue weighted by molar-refractivity contribution is 6.04. The first kappa shape index (κ1) is 20.1. The lowest BCUT2D eigenvalue weighted by molar-refractivity contribution is 0.102. The number of aromatic nitrogens is 2. The predicted octanol–water partition coefficient (Wildman–Crippen LogP) is 4.04. The third kappa shape index (κ3) is 3.50. The van der Waals surface area contributed by atoms with E-state index in [0.29, 0.717) is 17.8 Å². The first-order valence-corrected chi connectivity index (χ1v) is 11.3. The summed E-state index contributed by atoms with van der Waals surface area (Å²) < 4.78 is 1.07. The van der Waals surface area contributed by atoms with E-state index in [1.54, 1.807) is 18.5 Å². The lowest BCUT2D eigenvalue weighted by Crippen LogP contribution is -2.59. The maximum Gasteiger partial charge on any atom is 0.274 e. The Labute approximate surface area is 183 Å². The number of nitrogens with one attached hydrogen (secondary N) is 2. The van der Waals surface area contributed by atoms with Crippen molar-refractivity contribution in [3.63, 3.8) is 0 Å². The minimum Gasteiger partial charge on any atom is -0.320 e. The fourth-order valence-corrected chi connectivity index (χ4v) is 5.59. The molecule has 0 spiro atoms. The van der Waals surface area contributed by atoms with Crippen LogP contribution in [0.1, 0.15) is 42.2 Å². The Morgan fingerprint density at radius 3 is 2.84 bits per heavy atom. The van der Waals surface area contributed by atoms with Crippen LogP contribution in [-0.4, -0.2) is 47.6 Å². The number of nitrogens with zero attached hydrogens (tertiary/aromatic N) is 3. The number of carbonyl (C=O) groups is 1. The highest BCUT2D eigenvalue weighted by Gasteiger charge is 2.48. The van der Waals surface area contributed by atoms with Crippen LogP contribution in [0.4, 0.5) is 11.4 Å². The van der Waals surface area contributed by atoms with Crippen LogP contribution in [0.5, 0.6) is 0 Å². The van der Waals surface area contributed by atoms with Crippen molar-refractivity contribution in [1.82, 2.24) is 19.8 Å². The molecule has 2 aliphatic heterocycles. The molecule has 3 aromatic rings. The van der Waals surface area contributed by atoms with Gasteiger partial charge in [0.25, 0.3) is 5.91 Å². The summed E-state index contributed by atoms with van der Waals surface area (Å²) in [5.41, 5.74) is 4.51. The molecule has 5 rings (SSSR count). The molecular formula is C25H30N5O+. The van der Waals surface area contributed by atoms with Gasteiger partial charge in [0.1, 0.15) is 17.4 Å². The van der Waals surface area contributed by atoms with Crippen molar-refractivity contribution < 1.29 is 4.79 Å². The Morgan fingerprint density at radius 2 is 2.10 bits per heavy atom. The van der Waals surface area contributed by atoms with E-state index in [-0.39, 0.29) is 5.91 Å². The zero-order valence-corrected chi connectivity index (χ0v) is 18.3. The van der Waals surface area contributed by atoms with Gasteiger partial charge in [0.05, 0.1) is 18.1 Å². The molecule has 1 aromatic carbocycles. The molecule has 0 saturated carbocycles. The summed E-state index contributed by atoms with van der Waals surface area (Å²) in [7, 11) is 0. The smallest absolute Gasteiger partial charge is 0.274 e. The van der Waals surface area contributed by atoms with Gasteiger partial charge < -0.3 is 10.6 Å². The lowest BCUT2D eigenvalue weighted by atomic mass is 10.0. The number of quaternary nitrogens is 1. The molecular weight excluding hydrogens is 386 g/mol. The summed E-state index contributed by atoms with van der Waals surface area (Å²) in [6, 6.07) is 13.3. The van der Waals surface area contributed by atoms with Crippen molar-refractivity contribution in [1.29, 1.82) is 0 Å². The summed E-state index contributed by atoms with van der Waals surface area (Å²) in [5.74, 6) is -0.187. The minimum atomic E-state index is -0.187. The second kappa shape index (κ2) is 8.02. The molecule has 3 atom stereocenters. The Morgan fingerprint density at radius 1 is 1.19 bits per heavy atom. The number of anilines is 1. The van der Waals surface area contributed by atoms with Crippen LogP contribution < -0.4 is 15.1 Å². The van der Waals surface area contributed by atoms with Crippen LogP contribution in [0, 0.1) is 6.92 Å². The SMILES string of the molecule is Cc1cc([N+]2(C3CCNC3)CCCC2C)ccc1NC(=O)c1ccc2cnccc2n1. The zero-order chi connectivity index (χ0) is 21.4. The summed E-state index contributed by atoms with van der Waals surface area (Å²) in [6.45, 7) is 7.89. The van der Waals surface area contributed by atoms with Crippen molar-refractivity contribution >= 4 is 28.2 Å². The molecule has 2 aliphatic rings. The van der Waals surface area contributed by atoms with Crippen molar-refractivity contribution in [3.05, 3.63) is 60.0 Å². The summed E-state index contributed by atoms with van der Waals surface area (Å²) in [5, 5.41) is 7.56. The number of carbonyl (C=O) groups excluding carboxylic acids is 1. The fraction of sp³-hybridized carbons (Fsp3) is 0.400. The molecule has 6 heteroatoms. The lowest BCUT2D eigenvalue weighted by Gasteiger charge is -2.43. The number of hydrogen-bond donors (Lipinski definition) is 2. The number of pyridine rings is 2. The fourth-order valence-electron chi connectivity index (χ4n) is 5.59. The molecule has 3 unspecified atom stereocenters. The van der Waals surface area contributed by atoms with Crippen LogP contribution in [-0.2, 0) is 0 Å². The molecule has 2 N–H and O–H groups in total. The molecule has 2 fully saturated rings. The summed E-state index contributed by atoms with van der Waals surface area (Å²) in [4.78, 5) is 21.5. The maximum absolute atomic E-state index is 12.9. The van der Waals surface area contributed by atoms with Crippen LogP contribution in [0.15, 0.2) is 48.8 Å². The quantitative estimate of drug-likeness (QED) is 0.630. The highest BCUT2D eigenvalue weighted by Crippen LogP contribution is 2.40. The maximum atomic E-state index is 12.9. The molecule has 4 heterocycles. The number of benzene rings is 1. The van der Waals surface area contributed by atoms with Gasteiger partial charge in [-0.05, 0) is 43.7 Å². The molecule has 2 saturated heterocycles. The second-order valence-electron chi connectivity index (χ2n) is 9.01. The summed E-state index contributed by atoms with van der Waals surface area (Å²) in [6.07, 6.45) is 7.23. The average molecular weight is 417 g/mol. The van der Waals surface area contributed by atoms with Gasteiger partial charge in [-0.25, -0.2) is 4.98 Å². The van der Waals surface area contributed by atoms with Gasteiger partial charge in [-0.1, -0.05) is 0 Å². The van der Waals surface area contributed by atoms with E-state index in [2.05, 4.69) is 52.6 Å². The van der Waals surface area contributed by atoms with E-state index in [1.165, 1.54) is 31.5 Å². The highest BCUT2D eigenvalue weighted by atomic mass is 16.1. The number of hydrogen-bond acceptors (Lipinski definition) is 4. The van der Waals surface area contributed by atoms with E-state index < -0.39 is 0 Å². The molecule has 31 heavy (non-hydrogen) atoms. The van der Waals surface area contributed by atoms with E-state index in [4.69, 9.17) is 0 Å². The molecule has 0 radical (unpaired) electrons. The van der Waals surface area contributed by atoms with Crippen molar-refractivity contribution in [2.75, 3.05) is 25.0 Å². The Kier molecular flexibility index (Phi) is 5.20. The van der Waals surface area contributed by atoms with E-state index in [1.807, 2.05) is 12.1 Å². The Hall–Kier alpha value is -2.83. The van der Waals surface area contributed by atoms with Crippen LogP contribution in [0.2, 0.25) is 0 Å². The number of amides is 1. The van der Waals surface area contributed by atoms with Crippen molar-refractivity contribution in [2.24, 2.45) is 0 Å². The number of fused-ring (bicyclic) bond motifs is 1. The van der Waals surface area contributed by atoms with Gasteiger partial charge in [-0.2, -0.15) is 0 Å². The number of rotatable bonds is 4. The first-order valence-electron chi connectivity index (χ1n) is 11.3. The monoisotopic (exact) mass is 416 g/mol. The van der Waals surface area contributed by atoms with Crippen molar-refractivity contribution in [3.8, 4) is 0 Å². The van der Waals surface area contributed by atoms with Gasteiger partial charge in [0, 0.05) is 68.0 Å². The van der Waals surface area contributed by atoms with Gasteiger partial charge in [0.2, 0.25) is 0 Å². The Balaban J connectivity index is 1.41. The van der Waals surface area contributed by atoms with Crippen molar-refractivity contribution in [2.45, 2.75) is 45.2 Å². The van der Waals surface area contributed by atoms with Crippen LogP contribution >= 0.6 is 0 Å². The average Bonchev–Trinajstić information content (AvgIpc) is 3.45. The molecule has 2 aromatic heterocycles. The standard InChI is InChI=1S/C25H29N5O/c1-17-14-20(30(13-3-4-18(30)2)21-9-11-27-16-21)6-8-22(17)29-25(31)24-7-5-19-15-26-12-10-23(19)28-24/h5-8,10,12,14-15,18,21,27H,3-4,9,11,13,16H2,1-2H3/p+1. The first-order chi connectivity index (χ1) is 15.1. The van der Waals surface area contributed by atoms with Gasteiger partial charge in [0.15, 0.2) is 0 Å². The predicted molar refractivity (Wildman–Crippen MR) is 125 cm³/mol. The van der Waals surface area contributed by atoms with Crippen LogP contribution in [0.3, 0.4) is 0 Å². The van der Waals surface area contributed by atoms with E-state index >= 15 is 0 Å². The second-order valence-corrected chi connectivity index (χ2v) is 9.01. The third-order valence-electron chi connectivity index (χ3n) is 7.28.